The Morgan fingerprint density at radius 3 is 2.08 bits per heavy atom. The molecule has 20 heteroatoms. The molecule has 0 radical (unpaired) electrons. The van der Waals surface area contributed by atoms with Gasteiger partial charge in [0.25, 0.3) is 11.8 Å². The number of aliphatic hydroxyl groups is 1. The van der Waals surface area contributed by atoms with Crippen LogP contribution in [0.1, 0.15) is 131 Å². The third-order valence-electron chi connectivity index (χ3n) is 14.7. The first-order chi connectivity index (χ1) is 35.1. The number of imide groups is 1. The highest BCUT2D eigenvalue weighted by Crippen LogP contribution is 2.30. The Hall–Kier alpha value is -5.44. The van der Waals surface area contributed by atoms with E-state index < -0.39 is 96.9 Å². The molecule has 12 atom stereocenters. The van der Waals surface area contributed by atoms with E-state index in [4.69, 9.17) is 23.8 Å². The van der Waals surface area contributed by atoms with E-state index >= 15 is 0 Å². The van der Waals surface area contributed by atoms with Gasteiger partial charge < -0.3 is 49.3 Å². The molecule has 0 spiro atoms. The molecule has 74 heavy (non-hydrogen) atoms. The predicted molar refractivity (Wildman–Crippen MR) is 273 cm³/mol. The van der Waals surface area contributed by atoms with E-state index in [1.165, 1.54) is 26.2 Å². The zero-order valence-electron chi connectivity index (χ0n) is 45.7. The number of hydroxylamine groups is 2. The lowest BCUT2D eigenvalue weighted by atomic mass is 9.89. The first-order valence-corrected chi connectivity index (χ1v) is 26.3. The molecular weight excluding hydrogens is 957 g/mol. The van der Waals surface area contributed by atoms with E-state index in [2.05, 4.69) is 10.6 Å². The summed E-state index contributed by atoms with van der Waals surface area (Å²) in [6, 6.07) is 5.48. The highest BCUT2D eigenvalue weighted by Gasteiger charge is 2.44. The average Bonchev–Trinajstić information content (AvgIpc) is 3.98. The molecule has 0 saturated carbocycles. The summed E-state index contributed by atoms with van der Waals surface area (Å²) in [4.78, 5) is 116. The van der Waals surface area contributed by atoms with Gasteiger partial charge in [-0.2, -0.15) is 0 Å². The summed E-state index contributed by atoms with van der Waals surface area (Å²) >= 11 is 0. The summed E-state index contributed by atoms with van der Waals surface area (Å²) in [5.74, 6) is -5.03. The second-order valence-corrected chi connectivity index (χ2v) is 20.8. The predicted octanol–water partition coefficient (Wildman–Crippen LogP) is 4.87. The Balaban J connectivity index is 1.38. The highest BCUT2D eigenvalue weighted by molar-refractivity contribution is 6.01. The number of carbonyl (C=O) groups excluding carboxylic acids is 8. The summed E-state index contributed by atoms with van der Waals surface area (Å²) < 4.78 is 23.6. The van der Waals surface area contributed by atoms with Gasteiger partial charge >= 0.3 is 12.1 Å². The van der Waals surface area contributed by atoms with Crippen molar-refractivity contribution in [2.45, 2.75) is 180 Å². The van der Waals surface area contributed by atoms with E-state index in [0.29, 0.717) is 62.1 Å². The van der Waals surface area contributed by atoms with Gasteiger partial charge in [0, 0.05) is 47.7 Å². The number of amides is 7. The Kier molecular flexibility index (Phi) is 24.0. The SMILES string of the molecule is CC[C@H](C)[C@@H]([C@@H](CC(=O)N1CCC[C@H]1[C@H](OC)[C@@H](C)C(=O)N[C@H](C)[C@@H](O)c1ccccc1)OC)N(C)C(=O)[C@H](NC(=O)[C@H](C(C)C)N(C)C(=O)OC1/C=C/CC(OCC(=O)ON2C(=O)CCC2=O)CCC1)C(C)C. The lowest BCUT2D eigenvalue weighted by Crippen LogP contribution is -2.60. The van der Waals surface area contributed by atoms with Gasteiger partial charge in [-0.25, -0.2) is 9.59 Å². The van der Waals surface area contributed by atoms with E-state index in [1.54, 1.807) is 68.8 Å². The van der Waals surface area contributed by atoms with Crippen molar-refractivity contribution < 1.29 is 67.2 Å². The Morgan fingerprint density at radius 2 is 1.49 bits per heavy atom. The number of rotatable bonds is 25. The van der Waals surface area contributed by atoms with Gasteiger partial charge in [-0.3, -0.25) is 33.7 Å². The second-order valence-electron chi connectivity index (χ2n) is 20.8. The number of nitrogens with one attached hydrogen (secondary N) is 2. The maximum Gasteiger partial charge on any atom is 0.410 e. The number of nitrogens with zero attached hydrogens (tertiary/aromatic N) is 4. The summed E-state index contributed by atoms with van der Waals surface area (Å²) in [5.41, 5.74) is 0.679. The molecule has 2 saturated heterocycles. The lowest BCUT2D eigenvalue weighted by Gasteiger charge is -2.41. The molecule has 20 nitrogen and oxygen atoms in total. The zero-order valence-corrected chi connectivity index (χ0v) is 45.7. The van der Waals surface area contributed by atoms with E-state index in [1.807, 2.05) is 45.9 Å². The van der Waals surface area contributed by atoms with Crippen LogP contribution in [0.15, 0.2) is 42.5 Å². The minimum atomic E-state index is -1.01. The molecule has 1 aromatic carbocycles. The number of aliphatic hydroxyl groups excluding tert-OH is 1. The number of likely N-dealkylation sites (N-methyl/N-ethyl adjacent to an activating group) is 2. The Labute approximate surface area is 437 Å². The standard InChI is InChI=1S/C54H84N6O14/c1-13-34(6)48(41(70-11)30-44(63)59-29-19-26-40(59)50(71-12)35(7)51(66)55-36(8)49(65)37-20-15-14-16-21-37)57(9)53(68)46(32(2)3)56-52(67)47(33(4)5)58(10)54(69)73-39-24-17-22-38(23-18-25-39)72-31-45(64)74-60-42(61)27-28-43(60)62/h14-17,20-21,24,32-36,38-41,46-50,65H,13,18-19,22-23,25-31H2,1-12H3,(H,55,66)(H,56,67)/b24-17+/t34-,35+,36+,38?,39?,40-,41+,46+,47-,48-,49+,50+/m0/s1. The molecule has 2 fully saturated rings. The smallest absolute Gasteiger partial charge is 0.410 e. The van der Waals surface area contributed by atoms with Crippen LogP contribution in [0.25, 0.3) is 0 Å². The van der Waals surface area contributed by atoms with Gasteiger partial charge in [0.15, 0.2) is 0 Å². The van der Waals surface area contributed by atoms with Gasteiger partial charge in [0.2, 0.25) is 23.6 Å². The number of hydrogen-bond acceptors (Lipinski definition) is 14. The Morgan fingerprint density at radius 1 is 0.824 bits per heavy atom. The van der Waals surface area contributed by atoms with Gasteiger partial charge in [-0.1, -0.05) is 91.3 Å². The van der Waals surface area contributed by atoms with E-state index in [9.17, 15) is 43.5 Å². The van der Waals surface area contributed by atoms with Crippen molar-refractivity contribution in [2.75, 3.05) is 41.5 Å². The molecule has 3 N–H and O–H groups in total. The molecule has 1 aliphatic carbocycles. The number of hydrogen-bond donors (Lipinski definition) is 3. The first kappa shape index (κ1) is 61.1. The molecule has 3 aliphatic rings. The van der Waals surface area contributed by atoms with Crippen LogP contribution in [-0.4, -0.2) is 168 Å². The molecule has 2 unspecified atom stereocenters. The van der Waals surface area contributed by atoms with Crippen LogP contribution in [0, 0.1) is 23.7 Å². The second kappa shape index (κ2) is 29.0. The minimum absolute atomic E-state index is 0.0115. The topological polar surface area (TPSA) is 240 Å². The average molecular weight is 1040 g/mol. The number of likely N-dealkylation sites (tertiary alicyclic amines) is 1. The van der Waals surface area contributed by atoms with Crippen LogP contribution in [0.4, 0.5) is 4.79 Å². The minimum Gasteiger partial charge on any atom is -0.442 e. The molecule has 4 rings (SSSR count). The zero-order chi connectivity index (χ0) is 55.0. The first-order valence-electron chi connectivity index (χ1n) is 26.3. The summed E-state index contributed by atoms with van der Waals surface area (Å²) in [6.45, 7) is 14.7. The number of benzene rings is 1. The number of carbonyl (C=O) groups is 8. The van der Waals surface area contributed by atoms with Gasteiger partial charge in [-0.15, -0.1) is 5.06 Å². The lowest BCUT2D eigenvalue weighted by molar-refractivity contribution is -0.201. The molecule has 2 aliphatic heterocycles. The van der Waals surface area contributed by atoms with Crippen molar-refractivity contribution in [3.05, 3.63) is 48.0 Å². The van der Waals surface area contributed by atoms with Crippen molar-refractivity contribution in [2.24, 2.45) is 23.7 Å². The third-order valence-corrected chi connectivity index (χ3v) is 14.7. The molecule has 0 aromatic heterocycles. The molecule has 1 aromatic rings. The largest absolute Gasteiger partial charge is 0.442 e. The summed E-state index contributed by atoms with van der Waals surface area (Å²) in [5, 5.41) is 17.3. The maximum absolute atomic E-state index is 14.7. The quantitative estimate of drug-likeness (QED) is 0.0875. The fourth-order valence-corrected chi connectivity index (χ4v) is 10.3. The van der Waals surface area contributed by atoms with Crippen LogP contribution >= 0.6 is 0 Å². The molecule has 0 bridgehead atoms. The number of methoxy groups -OCH3 is 2. The number of ether oxygens (including phenoxy) is 4. The molecule has 2 heterocycles. The Bertz CT molecular complexity index is 2070. The molecule has 414 valence electrons. The van der Waals surface area contributed by atoms with Crippen LogP contribution < -0.4 is 10.6 Å². The maximum atomic E-state index is 14.7. The van der Waals surface area contributed by atoms with Crippen molar-refractivity contribution >= 4 is 47.5 Å². The van der Waals surface area contributed by atoms with Crippen LogP contribution in [-0.2, 0) is 57.3 Å². The van der Waals surface area contributed by atoms with Gasteiger partial charge in [0.1, 0.15) is 24.8 Å². The summed E-state index contributed by atoms with van der Waals surface area (Å²) in [7, 11) is 6.18. The van der Waals surface area contributed by atoms with Crippen LogP contribution in [0.2, 0.25) is 0 Å². The normalized spacial score (nSPS) is 22.3. The highest BCUT2D eigenvalue weighted by atomic mass is 16.7. The van der Waals surface area contributed by atoms with Crippen LogP contribution in [0.5, 0.6) is 0 Å². The third kappa shape index (κ3) is 16.3. The van der Waals surface area contributed by atoms with E-state index in [-0.39, 0.29) is 60.8 Å². The van der Waals surface area contributed by atoms with Crippen LogP contribution in [0.3, 0.4) is 0 Å². The fraction of sp³-hybridized carbons (Fsp3) is 0.704. The van der Waals surface area contributed by atoms with Gasteiger partial charge in [0.05, 0.1) is 54.9 Å². The monoisotopic (exact) mass is 1040 g/mol. The molecule has 7 amide bonds. The van der Waals surface area contributed by atoms with Crippen molar-refractivity contribution in [3.8, 4) is 0 Å². The van der Waals surface area contributed by atoms with Crippen molar-refractivity contribution in [3.63, 3.8) is 0 Å². The van der Waals surface area contributed by atoms with Crippen molar-refractivity contribution in [1.82, 2.24) is 30.4 Å². The molecular formula is C54H84N6O14. The van der Waals surface area contributed by atoms with Crippen molar-refractivity contribution in [1.29, 1.82) is 0 Å². The summed E-state index contributed by atoms with van der Waals surface area (Å²) in [6.07, 6.45) is 3.30. The fourth-order valence-electron chi connectivity index (χ4n) is 10.3. The van der Waals surface area contributed by atoms with Gasteiger partial charge in [-0.05, 0) is 74.8 Å². The van der Waals surface area contributed by atoms with E-state index in [0.717, 1.165) is 0 Å².